The lowest BCUT2D eigenvalue weighted by Gasteiger charge is -2.58. The molecule has 4 heterocycles. The highest BCUT2D eigenvalue weighted by Crippen LogP contribution is 2.48. The molecular formula is C68H65N2O7+. The molecule has 0 aliphatic carbocycles. The van der Waals surface area contributed by atoms with Crippen LogP contribution in [-0.4, -0.2) is 33.7 Å². The second-order valence-corrected chi connectivity index (χ2v) is 20.5. The van der Waals surface area contributed by atoms with Gasteiger partial charge in [0.05, 0.1) is 18.6 Å². The summed E-state index contributed by atoms with van der Waals surface area (Å²) in [5.74, 6) is 4.86. The van der Waals surface area contributed by atoms with E-state index in [-0.39, 0.29) is 19.3 Å². The first-order chi connectivity index (χ1) is 37.9. The molecule has 1 aromatic heterocycles. The molecule has 12 rings (SSSR count). The summed E-state index contributed by atoms with van der Waals surface area (Å²) < 4.78 is 39.9. The third-order valence-corrected chi connectivity index (χ3v) is 15.2. The van der Waals surface area contributed by atoms with Crippen molar-refractivity contribution in [3.05, 3.63) is 270 Å². The Morgan fingerprint density at radius 1 is 0.481 bits per heavy atom. The third-order valence-electron chi connectivity index (χ3n) is 15.2. The Morgan fingerprint density at radius 3 is 1.30 bits per heavy atom. The molecule has 0 unspecified atom stereocenters. The number of para-hydroxylation sites is 1. The van der Waals surface area contributed by atoms with Crippen molar-refractivity contribution in [1.29, 1.82) is 0 Å². The summed E-state index contributed by atoms with van der Waals surface area (Å²) in [5, 5.41) is 13.6. The lowest BCUT2D eigenvalue weighted by molar-refractivity contribution is -0.984. The summed E-state index contributed by atoms with van der Waals surface area (Å²) in [6.07, 6.45) is 5.22. The maximum atomic E-state index is 12.6. The fourth-order valence-electron chi connectivity index (χ4n) is 11.3. The highest BCUT2D eigenvalue weighted by atomic mass is 16.5. The summed E-state index contributed by atoms with van der Waals surface area (Å²) in [6, 6.07) is 68.9. The summed E-state index contributed by atoms with van der Waals surface area (Å²) in [7, 11) is 0. The summed E-state index contributed by atoms with van der Waals surface area (Å²) in [4.78, 5) is 4.65. The zero-order valence-corrected chi connectivity index (χ0v) is 43.4. The molecule has 2 bridgehead atoms. The minimum absolute atomic E-state index is 0.0504. The minimum Gasteiger partial charge on any atom is -0.489 e. The van der Waals surface area contributed by atoms with Crippen LogP contribution in [0.4, 0.5) is 0 Å². The van der Waals surface area contributed by atoms with Gasteiger partial charge in [0.2, 0.25) is 0 Å². The van der Waals surface area contributed by atoms with E-state index in [0.29, 0.717) is 83.8 Å². The zero-order chi connectivity index (χ0) is 52.2. The standard InChI is InChI=1S/C68H65N2O7/c1-2-56-42-70(30-28-57(56)37-67(70)68(71)65-27-29-69-66-26-16-15-25-64(65)66)41-53-31-58(76-47-54-33-60(72-43-49-17-7-3-8-18-49)39-61(34-54)73-44-50-19-9-4-10-20-50)38-59(32-53)77-48-55-35-62(74-45-51-21-11-5-12-22-51)40-63(36-55)75-46-52-23-13-6-14-24-52/h2-27,29,31-36,38-40,56-57,67-68,71H,1,28,30,37,41-48H2/q+1/t56-,57-,67-,68+,70+/m0/s1. The van der Waals surface area contributed by atoms with E-state index < -0.39 is 6.10 Å². The highest BCUT2D eigenvalue weighted by Gasteiger charge is 2.54. The Bertz CT molecular complexity index is 3090. The molecular weight excluding hydrogens is 957 g/mol. The van der Waals surface area contributed by atoms with Gasteiger partial charge in [0, 0.05) is 54.1 Å². The topological polar surface area (TPSA) is 88.5 Å². The van der Waals surface area contributed by atoms with Crippen molar-refractivity contribution in [2.75, 3.05) is 13.1 Å². The number of ether oxygens (including phenoxy) is 6. The summed E-state index contributed by atoms with van der Waals surface area (Å²) in [6.45, 7) is 8.93. The largest absolute Gasteiger partial charge is 0.489 e. The van der Waals surface area contributed by atoms with Crippen LogP contribution in [-0.2, 0) is 46.2 Å². The van der Waals surface area contributed by atoms with Crippen LogP contribution in [0.5, 0.6) is 34.5 Å². The molecule has 3 aliphatic rings. The lowest BCUT2D eigenvalue weighted by Crippen LogP contribution is -2.67. The summed E-state index contributed by atoms with van der Waals surface area (Å²) >= 11 is 0. The van der Waals surface area contributed by atoms with E-state index in [2.05, 4.69) is 84.4 Å². The predicted molar refractivity (Wildman–Crippen MR) is 302 cm³/mol. The Labute approximate surface area is 452 Å². The highest BCUT2D eigenvalue weighted by molar-refractivity contribution is 5.82. The number of fused-ring (bicyclic) bond motifs is 4. The fourth-order valence-corrected chi connectivity index (χ4v) is 11.3. The van der Waals surface area contributed by atoms with E-state index in [0.717, 1.165) is 81.3 Å². The Balaban J connectivity index is 0.909. The second kappa shape index (κ2) is 24.1. The quantitative estimate of drug-likeness (QED) is 0.0501. The number of aliphatic hydroxyl groups is 1. The fraction of sp³-hybridized carbons (Fsp3) is 0.221. The van der Waals surface area contributed by atoms with Crippen LogP contribution in [0.1, 0.15) is 63.5 Å². The van der Waals surface area contributed by atoms with Crippen LogP contribution >= 0.6 is 0 Å². The Kier molecular flexibility index (Phi) is 15.9. The number of pyridine rings is 1. The number of benzene rings is 8. The normalized spacial score (nSPS) is 18.0. The monoisotopic (exact) mass is 1020 g/mol. The first-order valence-electron chi connectivity index (χ1n) is 26.7. The molecule has 3 saturated heterocycles. The molecule has 8 aromatic carbocycles. The van der Waals surface area contributed by atoms with E-state index in [9.17, 15) is 5.11 Å². The molecule has 9 nitrogen and oxygen atoms in total. The van der Waals surface area contributed by atoms with Gasteiger partial charge in [0.15, 0.2) is 0 Å². The van der Waals surface area contributed by atoms with Gasteiger partial charge in [-0.05, 0) is 93.4 Å². The van der Waals surface area contributed by atoms with E-state index >= 15 is 0 Å². The SMILES string of the molecule is C=C[C@H]1C[N@+]2(Cc3cc(OCc4cc(OCc5ccccc5)cc(OCc5ccccc5)c4)cc(OCc4cc(OCc5ccccc5)cc(OCc5ccccc5)c4)c3)CC[C@H]1C[C@H]2[C@H](O)c1ccnc2ccccc12. The number of hydrogen-bond acceptors (Lipinski definition) is 8. The predicted octanol–water partition coefficient (Wildman–Crippen LogP) is 14.4. The molecule has 5 atom stereocenters. The van der Waals surface area contributed by atoms with Crippen molar-refractivity contribution in [3.63, 3.8) is 0 Å². The van der Waals surface area contributed by atoms with Crippen molar-refractivity contribution >= 4 is 10.9 Å². The molecule has 9 heteroatoms. The number of quaternary nitrogens is 1. The van der Waals surface area contributed by atoms with Crippen LogP contribution in [0.25, 0.3) is 10.9 Å². The van der Waals surface area contributed by atoms with Gasteiger partial charge >= 0.3 is 0 Å². The van der Waals surface area contributed by atoms with Crippen LogP contribution < -0.4 is 28.4 Å². The number of hydrogen-bond donors (Lipinski definition) is 1. The van der Waals surface area contributed by atoms with Crippen molar-refractivity contribution in [3.8, 4) is 34.5 Å². The van der Waals surface area contributed by atoms with E-state index in [1.807, 2.05) is 146 Å². The number of aliphatic hydroxyl groups excluding tert-OH is 1. The zero-order valence-electron chi connectivity index (χ0n) is 43.4. The van der Waals surface area contributed by atoms with E-state index in [1.54, 1.807) is 0 Å². The Hall–Kier alpha value is -8.37. The molecule has 77 heavy (non-hydrogen) atoms. The molecule has 3 fully saturated rings. The number of nitrogens with zero attached hydrogens (tertiary/aromatic N) is 2. The van der Waals surface area contributed by atoms with Crippen LogP contribution in [0.2, 0.25) is 0 Å². The second-order valence-electron chi connectivity index (χ2n) is 20.5. The molecule has 0 saturated carbocycles. The molecule has 9 aromatic rings. The minimum atomic E-state index is -0.698. The number of aromatic nitrogens is 1. The maximum Gasteiger partial charge on any atom is 0.131 e. The smallest absolute Gasteiger partial charge is 0.131 e. The molecule has 0 amide bonds. The molecule has 0 spiro atoms. The van der Waals surface area contributed by atoms with Crippen LogP contribution in [0.3, 0.4) is 0 Å². The van der Waals surface area contributed by atoms with Gasteiger partial charge < -0.3 is 38.0 Å². The van der Waals surface area contributed by atoms with E-state index in [4.69, 9.17) is 28.4 Å². The lowest BCUT2D eigenvalue weighted by atomic mass is 9.71. The van der Waals surface area contributed by atoms with Gasteiger partial charge in [-0.1, -0.05) is 146 Å². The van der Waals surface area contributed by atoms with Crippen molar-refractivity contribution in [1.82, 2.24) is 4.98 Å². The summed E-state index contributed by atoms with van der Waals surface area (Å²) in [5.41, 5.74) is 8.92. The molecule has 0 radical (unpaired) electrons. The van der Waals surface area contributed by atoms with Gasteiger partial charge in [-0.2, -0.15) is 0 Å². The van der Waals surface area contributed by atoms with Crippen molar-refractivity contribution < 1.29 is 38.0 Å². The first-order valence-corrected chi connectivity index (χ1v) is 26.7. The van der Waals surface area contributed by atoms with E-state index in [1.165, 1.54) is 0 Å². The van der Waals surface area contributed by atoms with Crippen LogP contribution in [0, 0.1) is 11.8 Å². The van der Waals surface area contributed by atoms with Crippen LogP contribution in [0.15, 0.2) is 225 Å². The van der Waals surface area contributed by atoms with Crippen molar-refractivity contribution in [2.45, 2.75) is 71.2 Å². The van der Waals surface area contributed by atoms with Gasteiger partial charge in [0.1, 0.15) is 92.8 Å². The third kappa shape index (κ3) is 12.8. The van der Waals surface area contributed by atoms with Gasteiger partial charge in [-0.3, -0.25) is 4.98 Å². The number of rotatable bonds is 23. The van der Waals surface area contributed by atoms with Crippen molar-refractivity contribution in [2.24, 2.45) is 11.8 Å². The molecule has 3 aliphatic heterocycles. The average Bonchev–Trinajstić information content (AvgIpc) is 3.53. The first kappa shape index (κ1) is 50.8. The maximum absolute atomic E-state index is 12.6. The van der Waals surface area contributed by atoms with Gasteiger partial charge in [0.25, 0.3) is 0 Å². The molecule has 1 N–H and O–H groups in total. The van der Waals surface area contributed by atoms with Gasteiger partial charge in [-0.25, -0.2) is 0 Å². The average molecular weight is 1020 g/mol. The Morgan fingerprint density at radius 2 is 0.870 bits per heavy atom. The van der Waals surface area contributed by atoms with Gasteiger partial charge in [-0.15, -0.1) is 6.58 Å². The number of piperidine rings is 3. The molecule has 388 valence electrons.